The molecule has 24 heavy (non-hydrogen) atoms. The van der Waals surface area contributed by atoms with Gasteiger partial charge in [0.05, 0.1) is 6.61 Å². The highest BCUT2D eigenvalue weighted by Gasteiger charge is 2.50. The van der Waals surface area contributed by atoms with Crippen molar-refractivity contribution in [1.29, 1.82) is 0 Å². The number of hydrogen-bond acceptors (Lipinski definition) is 9. The maximum atomic E-state index is 11.3. The van der Waals surface area contributed by atoms with Crippen molar-refractivity contribution in [1.82, 2.24) is 0 Å². The molecule has 1 fully saturated rings. The number of hydrogen-bond donors (Lipinski definition) is 1. The molecule has 9 heteroatoms. The molecule has 9 nitrogen and oxygen atoms in total. The average Bonchev–Trinajstić information content (AvgIpc) is 2.48. The van der Waals surface area contributed by atoms with E-state index in [1.54, 1.807) is 0 Å². The summed E-state index contributed by atoms with van der Waals surface area (Å²) in [5.74, 6) is -1.93. The van der Waals surface area contributed by atoms with Crippen LogP contribution in [0.3, 0.4) is 0 Å². The predicted molar refractivity (Wildman–Crippen MR) is 78.6 cm³/mol. The SMILES string of the molecule is C=CCO[C@@H]1O[C@H](COC(C)=O)[C@@H](O)[C@H](OC(C)=O)[C@H]1OC(C)=O. The molecule has 5 atom stereocenters. The lowest BCUT2D eigenvalue weighted by atomic mass is 9.98. The van der Waals surface area contributed by atoms with E-state index in [0.29, 0.717) is 0 Å². The van der Waals surface area contributed by atoms with Gasteiger partial charge in [-0.3, -0.25) is 14.4 Å². The van der Waals surface area contributed by atoms with E-state index >= 15 is 0 Å². The lowest BCUT2D eigenvalue weighted by Gasteiger charge is -2.42. The topological polar surface area (TPSA) is 118 Å². The van der Waals surface area contributed by atoms with Crippen LogP contribution in [0.5, 0.6) is 0 Å². The molecule has 0 aliphatic carbocycles. The van der Waals surface area contributed by atoms with Gasteiger partial charge in [-0.25, -0.2) is 0 Å². The highest BCUT2D eigenvalue weighted by Crippen LogP contribution is 2.27. The van der Waals surface area contributed by atoms with E-state index in [4.69, 9.17) is 23.7 Å². The largest absolute Gasteiger partial charge is 0.463 e. The van der Waals surface area contributed by atoms with Gasteiger partial charge in [0, 0.05) is 20.8 Å². The number of aliphatic hydroxyl groups excluding tert-OH is 1. The van der Waals surface area contributed by atoms with E-state index in [9.17, 15) is 19.5 Å². The van der Waals surface area contributed by atoms with Gasteiger partial charge in [-0.05, 0) is 0 Å². The minimum absolute atomic E-state index is 0.0611. The molecule has 0 aromatic carbocycles. The molecule has 0 aromatic heterocycles. The van der Waals surface area contributed by atoms with Crippen LogP contribution in [-0.4, -0.2) is 66.9 Å². The monoisotopic (exact) mass is 346 g/mol. The summed E-state index contributed by atoms with van der Waals surface area (Å²) in [4.78, 5) is 33.6. The zero-order valence-electron chi connectivity index (χ0n) is 13.8. The maximum Gasteiger partial charge on any atom is 0.303 e. The van der Waals surface area contributed by atoms with Crippen LogP contribution in [-0.2, 0) is 38.1 Å². The Bertz CT molecular complexity index is 476. The van der Waals surface area contributed by atoms with Crippen LogP contribution >= 0.6 is 0 Å². The fourth-order valence-electron chi connectivity index (χ4n) is 2.17. The van der Waals surface area contributed by atoms with Crippen LogP contribution in [0, 0.1) is 0 Å². The molecule has 1 aliphatic rings. The van der Waals surface area contributed by atoms with Gasteiger partial charge in [0.2, 0.25) is 0 Å². The van der Waals surface area contributed by atoms with Crippen molar-refractivity contribution >= 4 is 17.9 Å². The second-order valence-corrected chi connectivity index (χ2v) is 5.11. The highest BCUT2D eigenvalue weighted by atomic mass is 16.7. The smallest absolute Gasteiger partial charge is 0.303 e. The molecular formula is C15H22O9. The standard InChI is InChI=1S/C15H22O9/c1-5-6-20-15-14(23-10(4)18)13(22-9(3)17)12(19)11(24-15)7-21-8(2)16/h5,11-15,19H,1,6-7H2,2-4H3/t11-,12-,13+,14-,15-/m1/s1. The van der Waals surface area contributed by atoms with Gasteiger partial charge in [-0.2, -0.15) is 0 Å². The normalized spacial score (nSPS) is 29.4. The minimum Gasteiger partial charge on any atom is -0.463 e. The zero-order valence-corrected chi connectivity index (χ0v) is 13.8. The molecule has 0 bridgehead atoms. The van der Waals surface area contributed by atoms with Gasteiger partial charge >= 0.3 is 17.9 Å². The molecule has 0 amide bonds. The summed E-state index contributed by atoms with van der Waals surface area (Å²) in [7, 11) is 0. The van der Waals surface area contributed by atoms with Gasteiger partial charge in [-0.1, -0.05) is 6.08 Å². The first-order valence-electron chi connectivity index (χ1n) is 7.30. The fourth-order valence-corrected chi connectivity index (χ4v) is 2.17. The maximum absolute atomic E-state index is 11.3. The summed E-state index contributed by atoms with van der Waals surface area (Å²) in [5.41, 5.74) is 0. The van der Waals surface area contributed by atoms with Crippen LogP contribution in [0.2, 0.25) is 0 Å². The molecular weight excluding hydrogens is 324 g/mol. The van der Waals surface area contributed by atoms with Crippen molar-refractivity contribution in [3.63, 3.8) is 0 Å². The Morgan fingerprint density at radius 2 is 1.67 bits per heavy atom. The minimum atomic E-state index is -1.39. The Labute approximate surface area is 139 Å². The third kappa shape index (κ3) is 5.91. The molecule has 1 heterocycles. The molecule has 136 valence electrons. The Morgan fingerprint density at radius 1 is 1.08 bits per heavy atom. The van der Waals surface area contributed by atoms with Crippen LogP contribution in [0.1, 0.15) is 20.8 Å². The lowest BCUT2D eigenvalue weighted by molar-refractivity contribution is -0.304. The number of rotatable bonds is 7. The van der Waals surface area contributed by atoms with Crippen molar-refractivity contribution in [2.24, 2.45) is 0 Å². The summed E-state index contributed by atoms with van der Waals surface area (Å²) in [6, 6.07) is 0. The first kappa shape index (κ1) is 20.1. The Balaban J connectivity index is 3.02. The van der Waals surface area contributed by atoms with E-state index in [-0.39, 0.29) is 13.2 Å². The molecule has 1 N–H and O–H groups in total. The average molecular weight is 346 g/mol. The van der Waals surface area contributed by atoms with Crippen molar-refractivity contribution < 1.29 is 43.2 Å². The highest BCUT2D eigenvalue weighted by molar-refractivity contribution is 5.67. The zero-order chi connectivity index (χ0) is 18.3. The van der Waals surface area contributed by atoms with E-state index in [2.05, 4.69) is 6.58 Å². The Kier molecular flexibility index (Phi) is 7.83. The predicted octanol–water partition coefficient (Wildman–Crippen LogP) is -0.299. The van der Waals surface area contributed by atoms with Gasteiger partial charge in [0.1, 0.15) is 18.8 Å². The summed E-state index contributed by atoms with van der Waals surface area (Å²) in [5, 5.41) is 10.4. The summed E-state index contributed by atoms with van der Waals surface area (Å²) >= 11 is 0. The third-order valence-corrected chi connectivity index (χ3v) is 3.05. The second kappa shape index (κ2) is 9.36. The van der Waals surface area contributed by atoms with Crippen LogP contribution in [0.15, 0.2) is 12.7 Å². The number of carbonyl (C=O) groups is 3. The molecule has 0 unspecified atom stereocenters. The first-order chi connectivity index (χ1) is 11.3. The van der Waals surface area contributed by atoms with Crippen molar-refractivity contribution in [3.05, 3.63) is 12.7 Å². The van der Waals surface area contributed by atoms with E-state index in [1.165, 1.54) is 13.0 Å². The quantitative estimate of drug-likeness (QED) is 0.376. The van der Waals surface area contributed by atoms with Crippen LogP contribution in [0.25, 0.3) is 0 Å². The molecule has 0 saturated carbocycles. The third-order valence-electron chi connectivity index (χ3n) is 3.05. The van der Waals surface area contributed by atoms with E-state index < -0.39 is 48.6 Å². The van der Waals surface area contributed by atoms with E-state index in [1.807, 2.05) is 0 Å². The molecule has 0 radical (unpaired) electrons. The number of aliphatic hydroxyl groups is 1. The van der Waals surface area contributed by atoms with Crippen molar-refractivity contribution in [2.45, 2.75) is 51.5 Å². The molecule has 1 saturated heterocycles. The van der Waals surface area contributed by atoms with Crippen molar-refractivity contribution in [3.8, 4) is 0 Å². The van der Waals surface area contributed by atoms with Crippen LogP contribution in [0.4, 0.5) is 0 Å². The summed E-state index contributed by atoms with van der Waals surface area (Å²) in [6.45, 7) is 6.78. The van der Waals surface area contributed by atoms with Gasteiger partial charge in [0.25, 0.3) is 0 Å². The Morgan fingerprint density at radius 3 is 2.17 bits per heavy atom. The molecule has 0 aromatic rings. The van der Waals surface area contributed by atoms with Gasteiger partial charge in [0.15, 0.2) is 18.5 Å². The number of esters is 3. The first-order valence-corrected chi connectivity index (χ1v) is 7.30. The van der Waals surface area contributed by atoms with E-state index in [0.717, 1.165) is 13.8 Å². The van der Waals surface area contributed by atoms with Gasteiger partial charge < -0.3 is 28.8 Å². The number of carbonyl (C=O) groups excluding carboxylic acids is 3. The summed E-state index contributed by atoms with van der Waals surface area (Å²) < 4.78 is 25.9. The Hall–Kier alpha value is -1.97. The molecule has 0 spiro atoms. The lowest BCUT2D eigenvalue weighted by Crippen LogP contribution is -2.61. The fraction of sp³-hybridized carbons (Fsp3) is 0.667. The number of ether oxygens (including phenoxy) is 5. The molecule has 1 aliphatic heterocycles. The van der Waals surface area contributed by atoms with Crippen molar-refractivity contribution in [2.75, 3.05) is 13.2 Å². The molecule has 1 rings (SSSR count). The van der Waals surface area contributed by atoms with Crippen LogP contribution < -0.4 is 0 Å². The second-order valence-electron chi connectivity index (χ2n) is 5.11. The summed E-state index contributed by atoms with van der Waals surface area (Å²) in [6.07, 6.45) is -4.53. The van der Waals surface area contributed by atoms with Gasteiger partial charge in [-0.15, -0.1) is 6.58 Å².